The third kappa shape index (κ3) is 2.11. The van der Waals surface area contributed by atoms with E-state index >= 15 is 0 Å². The first-order valence-electron chi connectivity index (χ1n) is 5.97. The molecule has 4 N–H and O–H groups in total. The summed E-state index contributed by atoms with van der Waals surface area (Å²) in [6.45, 7) is 0.00343. The van der Waals surface area contributed by atoms with Gasteiger partial charge in [-0.3, -0.25) is 19.7 Å². The average Bonchev–Trinajstić information content (AvgIpc) is 2.37. The summed E-state index contributed by atoms with van der Waals surface area (Å²) in [7, 11) is 0. The summed E-state index contributed by atoms with van der Waals surface area (Å²) in [4.78, 5) is 35.7. The fourth-order valence-corrected chi connectivity index (χ4v) is 2.21. The van der Waals surface area contributed by atoms with Gasteiger partial charge in [0.1, 0.15) is 5.75 Å². The number of nitrogens with two attached hydrogens (primary N) is 1. The molecule has 0 radical (unpaired) electrons. The fourth-order valence-electron chi connectivity index (χ4n) is 2.21. The number of anilines is 3. The van der Waals surface area contributed by atoms with Crippen LogP contribution in [0, 0.1) is 0 Å². The summed E-state index contributed by atoms with van der Waals surface area (Å²) in [6, 6.07) is 3.18. The van der Waals surface area contributed by atoms with E-state index in [2.05, 4.69) is 10.6 Å². The first kappa shape index (κ1) is 12.3. The normalized spacial score (nSPS) is 18.0. The molecule has 0 unspecified atom stereocenters. The maximum atomic E-state index is 11.4. The molecule has 3 rings (SSSR count). The van der Waals surface area contributed by atoms with Gasteiger partial charge in [0.05, 0.1) is 30.2 Å². The Morgan fingerprint density at radius 3 is 2.45 bits per heavy atom. The molecule has 0 bridgehead atoms. The number of benzene rings is 1. The quantitative estimate of drug-likeness (QED) is 0.451. The van der Waals surface area contributed by atoms with Crippen LogP contribution in [-0.4, -0.2) is 37.4 Å². The van der Waals surface area contributed by atoms with Crippen LogP contribution >= 0.6 is 0 Å². The molecule has 20 heavy (non-hydrogen) atoms. The van der Waals surface area contributed by atoms with E-state index in [-0.39, 0.29) is 25.6 Å². The minimum Gasteiger partial charge on any atom is -0.482 e. The van der Waals surface area contributed by atoms with Crippen molar-refractivity contribution in [2.45, 2.75) is 0 Å². The second-order valence-corrected chi connectivity index (χ2v) is 4.57. The Hall–Kier alpha value is -2.77. The van der Waals surface area contributed by atoms with Gasteiger partial charge < -0.3 is 20.7 Å². The Kier molecular flexibility index (Phi) is 2.70. The standard InChI is InChI=1S/C12H12N4O4/c13-6-1-9-7(14-12(19)5-20-9)2-8(6)16-3-10(17)15-11(18)4-16/h1-2H,3-5,13H2,(H,14,19)(H,15,17,18). The van der Waals surface area contributed by atoms with Gasteiger partial charge in [-0.15, -0.1) is 0 Å². The van der Waals surface area contributed by atoms with Gasteiger partial charge in [0.2, 0.25) is 11.8 Å². The number of carbonyl (C=O) groups excluding carboxylic acids is 3. The number of fused-ring (bicyclic) bond motifs is 1. The van der Waals surface area contributed by atoms with E-state index in [0.29, 0.717) is 22.8 Å². The van der Waals surface area contributed by atoms with Gasteiger partial charge in [-0.2, -0.15) is 0 Å². The minimum absolute atomic E-state index is 0.0313. The number of nitrogens with zero attached hydrogens (tertiary/aromatic N) is 1. The molecule has 3 amide bonds. The molecule has 0 aromatic heterocycles. The van der Waals surface area contributed by atoms with Crippen LogP contribution in [0.5, 0.6) is 5.75 Å². The van der Waals surface area contributed by atoms with Crippen molar-refractivity contribution in [1.82, 2.24) is 5.32 Å². The van der Waals surface area contributed by atoms with Crippen molar-refractivity contribution < 1.29 is 19.1 Å². The van der Waals surface area contributed by atoms with Crippen LogP contribution in [0.15, 0.2) is 12.1 Å². The summed E-state index contributed by atoms with van der Waals surface area (Å²) in [5.41, 5.74) is 7.29. The summed E-state index contributed by atoms with van der Waals surface area (Å²) in [6.07, 6.45) is 0. The minimum atomic E-state index is -0.390. The maximum Gasteiger partial charge on any atom is 0.262 e. The maximum absolute atomic E-state index is 11.4. The molecule has 2 aliphatic rings. The first-order chi connectivity index (χ1) is 9.52. The Morgan fingerprint density at radius 2 is 1.75 bits per heavy atom. The molecule has 0 atom stereocenters. The van der Waals surface area contributed by atoms with Crippen LogP contribution in [0.25, 0.3) is 0 Å². The molecule has 1 aromatic rings. The van der Waals surface area contributed by atoms with E-state index in [0.717, 1.165) is 0 Å². The number of rotatable bonds is 1. The van der Waals surface area contributed by atoms with Crippen LogP contribution in [0.3, 0.4) is 0 Å². The van der Waals surface area contributed by atoms with Gasteiger partial charge in [-0.05, 0) is 6.07 Å². The van der Waals surface area contributed by atoms with Gasteiger partial charge in [-0.25, -0.2) is 0 Å². The Labute approximate surface area is 113 Å². The zero-order valence-electron chi connectivity index (χ0n) is 10.4. The summed E-state index contributed by atoms with van der Waals surface area (Å²) < 4.78 is 5.24. The molecule has 1 fully saturated rings. The number of hydrogen-bond donors (Lipinski definition) is 3. The highest BCUT2D eigenvalue weighted by Crippen LogP contribution is 2.37. The van der Waals surface area contributed by atoms with Crippen molar-refractivity contribution in [3.05, 3.63) is 12.1 Å². The smallest absolute Gasteiger partial charge is 0.262 e. The highest BCUT2D eigenvalue weighted by Gasteiger charge is 2.26. The predicted octanol–water partition coefficient (Wildman–Crippen LogP) is -0.937. The highest BCUT2D eigenvalue weighted by molar-refractivity contribution is 6.04. The van der Waals surface area contributed by atoms with Crippen LogP contribution in [-0.2, 0) is 14.4 Å². The molecule has 0 aliphatic carbocycles. The number of hydrogen-bond acceptors (Lipinski definition) is 6. The average molecular weight is 276 g/mol. The Balaban J connectivity index is 1.97. The lowest BCUT2D eigenvalue weighted by Gasteiger charge is -2.30. The largest absolute Gasteiger partial charge is 0.482 e. The van der Waals surface area contributed by atoms with Crippen molar-refractivity contribution in [2.75, 3.05) is 35.6 Å². The predicted molar refractivity (Wildman–Crippen MR) is 70.3 cm³/mol. The summed E-state index contributed by atoms with van der Waals surface area (Å²) in [5.74, 6) is -0.573. The van der Waals surface area contributed by atoms with Gasteiger partial charge in [-0.1, -0.05) is 0 Å². The van der Waals surface area contributed by atoms with E-state index in [9.17, 15) is 14.4 Å². The second kappa shape index (κ2) is 4.41. The van der Waals surface area contributed by atoms with Gasteiger partial charge in [0, 0.05) is 6.07 Å². The Morgan fingerprint density at radius 1 is 1.05 bits per heavy atom. The lowest BCUT2D eigenvalue weighted by atomic mass is 10.1. The SMILES string of the molecule is Nc1cc2c(cc1N1CC(=O)NC(=O)C1)NC(=O)CO2. The van der Waals surface area contributed by atoms with Crippen LogP contribution in [0.4, 0.5) is 17.1 Å². The molecule has 104 valence electrons. The number of amides is 3. The van der Waals surface area contributed by atoms with Crippen LogP contribution in [0.1, 0.15) is 0 Å². The summed E-state index contributed by atoms with van der Waals surface area (Å²) >= 11 is 0. The van der Waals surface area contributed by atoms with Crippen LogP contribution in [0.2, 0.25) is 0 Å². The van der Waals surface area contributed by atoms with Crippen molar-refractivity contribution in [3.8, 4) is 5.75 Å². The lowest BCUT2D eigenvalue weighted by molar-refractivity contribution is -0.130. The zero-order valence-corrected chi connectivity index (χ0v) is 10.4. The molecule has 1 aromatic carbocycles. The van der Waals surface area contributed by atoms with Gasteiger partial charge in [0.15, 0.2) is 6.61 Å². The molecule has 2 aliphatic heterocycles. The molecule has 1 saturated heterocycles. The van der Waals surface area contributed by atoms with E-state index in [1.54, 1.807) is 17.0 Å². The van der Waals surface area contributed by atoms with Gasteiger partial charge in [0.25, 0.3) is 5.91 Å². The molecule has 8 nitrogen and oxygen atoms in total. The van der Waals surface area contributed by atoms with E-state index < -0.39 is 11.8 Å². The van der Waals surface area contributed by atoms with Crippen LogP contribution < -0.4 is 26.0 Å². The molecule has 0 saturated carbocycles. The highest BCUT2D eigenvalue weighted by atomic mass is 16.5. The molecular weight excluding hydrogens is 264 g/mol. The monoisotopic (exact) mass is 276 g/mol. The third-order valence-electron chi connectivity index (χ3n) is 3.05. The van der Waals surface area contributed by atoms with Crippen molar-refractivity contribution >= 4 is 34.8 Å². The van der Waals surface area contributed by atoms with Crippen molar-refractivity contribution in [3.63, 3.8) is 0 Å². The summed E-state index contributed by atoms with van der Waals surface area (Å²) in [5, 5.41) is 4.87. The van der Waals surface area contributed by atoms with E-state index in [1.165, 1.54) is 0 Å². The number of nitrogen functional groups attached to an aromatic ring is 1. The van der Waals surface area contributed by atoms with Crippen molar-refractivity contribution in [2.24, 2.45) is 0 Å². The lowest BCUT2D eigenvalue weighted by Crippen LogP contribution is -2.51. The van der Waals surface area contributed by atoms with Gasteiger partial charge >= 0.3 is 0 Å². The molecule has 2 heterocycles. The second-order valence-electron chi connectivity index (χ2n) is 4.57. The number of piperazine rings is 1. The first-order valence-corrected chi connectivity index (χ1v) is 5.97. The number of ether oxygens (including phenoxy) is 1. The fraction of sp³-hybridized carbons (Fsp3) is 0.250. The van der Waals surface area contributed by atoms with Crippen molar-refractivity contribution in [1.29, 1.82) is 0 Å². The Bertz CT molecular complexity index is 612. The number of carbonyl (C=O) groups is 3. The topological polar surface area (TPSA) is 114 Å². The van der Waals surface area contributed by atoms with E-state index in [4.69, 9.17) is 10.5 Å². The number of imide groups is 1. The number of nitrogens with one attached hydrogen (secondary N) is 2. The molecule has 8 heteroatoms. The molecule has 0 spiro atoms. The zero-order chi connectivity index (χ0) is 14.3. The molecular formula is C12H12N4O4. The van der Waals surface area contributed by atoms with E-state index in [1.807, 2.05) is 0 Å². The third-order valence-corrected chi connectivity index (χ3v) is 3.05.